The summed E-state index contributed by atoms with van der Waals surface area (Å²) in [5, 5.41) is 3.36. The van der Waals surface area contributed by atoms with Crippen molar-refractivity contribution in [3.05, 3.63) is 29.8 Å². The maximum Gasteiger partial charge on any atom is 0.251 e. The lowest BCUT2D eigenvalue weighted by atomic mass is 9.53. The first-order valence-corrected chi connectivity index (χ1v) is 12.7. The van der Waals surface area contributed by atoms with Gasteiger partial charge >= 0.3 is 0 Å². The molecule has 1 aromatic rings. The van der Waals surface area contributed by atoms with E-state index in [-0.39, 0.29) is 28.5 Å². The molecule has 2 atom stereocenters. The molecule has 4 bridgehead atoms. The van der Waals surface area contributed by atoms with Gasteiger partial charge in [0.15, 0.2) is 0 Å². The molecule has 4 saturated carbocycles. The van der Waals surface area contributed by atoms with Gasteiger partial charge in [-0.25, -0.2) is 8.42 Å². The van der Waals surface area contributed by atoms with Crippen LogP contribution < -0.4 is 5.32 Å². The predicted octanol–water partition coefficient (Wildman–Crippen LogP) is 3.18. The summed E-state index contributed by atoms with van der Waals surface area (Å²) < 4.78 is 33.2. The van der Waals surface area contributed by atoms with Gasteiger partial charge in [-0.1, -0.05) is 0 Å². The normalized spacial score (nSPS) is 38.5. The maximum absolute atomic E-state index is 13.0. The minimum atomic E-state index is -3.59. The fraction of sp³-hybridized carbons (Fsp3) is 0.696. The number of ether oxygens (including phenoxy) is 1. The minimum absolute atomic E-state index is 0.0450. The zero-order chi connectivity index (χ0) is 21.1. The van der Waals surface area contributed by atoms with Crippen LogP contribution in [0.2, 0.25) is 0 Å². The van der Waals surface area contributed by atoms with Crippen molar-refractivity contribution in [1.29, 1.82) is 0 Å². The first-order chi connectivity index (χ1) is 14.2. The molecule has 1 heterocycles. The molecule has 164 valence electrons. The predicted molar refractivity (Wildman–Crippen MR) is 114 cm³/mol. The second-order valence-electron chi connectivity index (χ2n) is 10.3. The Morgan fingerprint density at radius 1 is 0.967 bits per heavy atom. The fourth-order valence-corrected chi connectivity index (χ4v) is 8.42. The number of amides is 1. The second-order valence-corrected chi connectivity index (χ2v) is 12.2. The van der Waals surface area contributed by atoms with Crippen molar-refractivity contribution in [3.8, 4) is 0 Å². The van der Waals surface area contributed by atoms with Crippen LogP contribution in [0.1, 0.15) is 62.7 Å². The number of nitrogens with zero attached hydrogens (tertiary/aromatic N) is 1. The summed E-state index contributed by atoms with van der Waals surface area (Å²) in [5.41, 5.74) is 0.491. The Morgan fingerprint density at radius 2 is 1.47 bits per heavy atom. The Bertz CT molecular complexity index is 882. The number of nitrogens with one attached hydrogen (secondary N) is 1. The van der Waals surface area contributed by atoms with Gasteiger partial charge in [0.05, 0.1) is 17.1 Å². The highest BCUT2D eigenvalue weighted by atomic mass is 32.2. The van der Waals surface area contributed by atoms with Crippen molar-refractivity contribution in [2.75, 3.05) is 13.1 Å². The first kappa shape index (κ1) is 20.5. The Morgan fingerprint density at radius 3 is 1.97 bits per heavy atom. The number of morpholine rings is 1. The van der Waals surface area contributed by atoms with Gasteiger partial charge in [-0.15, -0.1) is 0 Å². The van der Waals surface area contributed by atoms with E-state index in [1.807, 2.05) is 13.8 Å². The van der Waals surface area contributed by atoms with Crippen molar-refractivity contribution in [3.63, 3.8) is 0 Å². The number of carbonyl (C=O) groups excluding carboxylic acids is 1. The molecule has 1 aliphatic heterocycles. The van der Waals surface area contributed by atoms with E-state index in [0.29, 0.717) is 18.7 Å². The SMILES string of the molecule is CC1CN(S(=O)(=O)c2ccc(C(=O)NC34CC5CC(CC(C5)C3)C4)cc2)CC(C)O1. The molecule has 1 saturated heterocycles. The number of benzene rings is 1. The van der Waals surface area contributed by atoms with Crippen LogP contribution in [0.3, 0.4) is 0 Å². The van der Waals surface area contributed by atoms with E-state index in [1.54, 1.807) is 24.3 Å². The standard InChI is InChI=1S/C23H32N2O4S/c1-15-13-25(14-16(2)29-15)30(27,28)21-5-3-20(4-6-21)22(26)24-23-10-17-7-18(11-23)9-19(8-17)12-23/h3-6,15-19H,7-14H2,1-2H3,(H,24,26). The van der Waals surface area contributed by atoms with Crippen LogP contribution in [-0.2, 0) is 14.8 Å². The van der Waals surface area contributed by atoms with Crippen molar-refractivity contribution >= 4 is 15.9 Å². The molecule has 0 radical (unpaired) electrons. The third-order valence-corrected chi connectivity index (χ3v) is 9.40. The van der Waals surface area contributed by atoms with Crippen LogP contribution in [0.25, 0.3) is 0 Å². The largest absolute Gasteiger partial charge is 0.373 e. The lowest BCUT2D eigenvalue weighted by Crippen LogP contribution is -2.59. The van der Waals surface area contributed by atoms with Crippen LogP contribution in [-0.4, -0.2) is 49.5 Å². The molecule has 0 spiro atoms. The van der Waals surface area contributed by atoms with Crippen molar-refractivity contribution in [2.45, 2.75) is 75.0 Å². The van der Waals surface area contributed by atoms with Crippen LogP contribution in [0.5, 0.6) is 0 Å². The lowest BCUT2D eigenvalue weighted by Gasteiger charge is -2.56. The summed E-state index contributed by atoms with van der Waals surface area (Å²) in [6.45, 7) is 4.47. The van der Waals surface area contributed by atoms with Gasteiger partial charge < -0.3 is 10.1 Å². The molecular formula is C23H32N2O4S. The van der Waals surface area contributed by atoms with E-state index in [2.05, 4.69) is 5.32 Å². The van der Waals surface area contributed by atoms with Crippen molar-refractivity contribution < 1.29 is 17.9 Å². The third-order valence-electron chi connectivity index (χ3n) is 7.56. The Balaban J connectivity index is 1.30. The average molecular weight is 433 g/mol. The van der Waals surface area contributed by atoms with Crippen LogP contribution in [0, 0.1) is 17.8 Å². The Kier molecular flexibility index (Phi) is 4.99. The summed E-state index contributed by atoms with van der Waals surface area (Å²) in [6, 6.07) is 6.43. The van der Waals surface area contributed by atoms with Gasteiger partial charge in [0.25, 0.3) is 5.91 Å². The number of carbonyl (C=O) groups is 1. The topological polar surface area (TPSA) is 75.7 Å². The van der Waals surface area contributed by atoms with E-state index in [0.717, 1.165) is 37.0 Å². The summed E-state index contributed by atoms with van der Waals surface area (Å²) in [7, 11) is -3.59. The molecule has 1 aromatic carbocycles. The molecule has 0 aromatic heterocycles. The van der Waals surface area contributed by atoms with E-state index in [1.165, 1.54) is 23.6 Å². The van der Waals surface area contributed by atoms with Gasteiger partial charge in [-0.05, 0) is 94.4 Å². The highest BCUT2D eigenvalue weighted by Gasteiger charge is 2.51. The summed E-state index contributed by atoms with van der Waals surface area (Å²) in [5.74, 6) is 2.22. The van der Waals surface area contributed by atoms with E-state index >= 15 is 0 Å². The Labute approximate surface area is 179 Å². The summed E-state index contributed by atoms with van der Waals surface area (Å²) >= 11 is 0. The summed E-state index contributed by atoms with van der Waals surface area (Å²) in [6.07, 6.45) is 7.05. The summed E-state index contributed by atoms with van der Waals surface area (Å²) in [4.78, 5) is 13.2. The molecule has 5 aliphatic rings. The number of rotatable bonds is 4. The van der Waals surface area contributed by atoms with Gasteiger partial charge in [0.2, 0.25) is 10.0 Å². The second kappa shape index (κ2) is 7.31. The number of hydrogen-bond acceptors (Lipinski definition) is 4. The third kappa shape index (κ3) is 3.69. The average Bonchev–Trinajstić information content (AvgIpc) is 2.66. The number of sulfonamides is 1. The molecule has 6 rings (SSSR count). The number of hydrogen-bond donors (Lipinski definition) is 1. The molecular weight excluding hydrogens is 400 g/mol. The highest BCUT2D eigenvalue weighted by molar-refractivity contribution is 7.89. The molecule has 5 fully saturated rings. The van der Waals surface area contributed by atoms with Crippen molar-refractivity contribution in [1.82, 2.24) is 9.62 Å². The molecule has 30 heavy (non-hydrogen) atoms. The lowest BCUT2D eigenvalue weighted by molar-refractivity contribution is -0.0440. The maximum atomic E-state index is 13.0. The first-order valence-electron chi connectivity index (χ1n) is 11.3. The van der Waals surface area contributed by atoms with E-state index in [9.17, 15) is 13.2 Å². The zero-order valence-corrected chi connectivity index (χ0v) is 18.7. The minimum Gasteiger partial charge on any atom is -0.373 e. The Hall–Kier alpha value is -1.44. The van der Waals surface area contributed by atoms with Gasteiger partial charge in [-0.3, -0.25) is 4.79 Å². The monoisotopic (exact) mass is 432 g/mol. The van der Waals surface area contributed by atoms with E-state index in [4.69, 9.17) is 4.74 Å². The van der Waals surface area contributed by atoms with Gasteiger partial charge in [0, 0.05) is 24.2 Å². The zero-order valence-electron chi connectivity index (χ0n) is 17.8. The fourth-order valence-electron chi connectivity index (χ4n) is 6.83. The highest BCUT2D eigenvalue weighted by Crippen LogP contribution is 2.55. The molecule has 1 amide bonds. The van der Waals surface area contributed by atoms with Crippen LogP contribution in [0.4, 0.5) is 0 Å². The molecule has 7 heteroatoms. The van der Waals surface area contributed by atoms with Crippen LogP contribution >= 0.6 is 0 Å². The van der Waals surface area contributed by atoms with Gasteiger partial charge in [-0.2, -0.15) is 4.31 Å². The molecule has 6 nitrogen and oxygen atoms in total. The van der Waals surface area contributed by atoms with E-state index < -0.39 is 10.0 Å². The van der Waals surface area contributed by atoms with Gasteiger partial charge in [0.1, 0.15) is 0 Å². The molecule has 4 aliphatic carbocycles. The smallest absolute Gasteiger partial charge is 0.251 e. The molecule has 2 unspecified atom stereocenters. The van der Waals surface area contributed by atoms with Crippen molar-refractivity contribution in [2.24, 2.45) is 17.8 Å². The van der Waals surface area contributed by atoms with Crippen LogP contribution in [0.15, 0.2) is 29.2 Å². The quantitative estimate of drug-likeness (QED) is 0.793. The molecule has 1 N–H and O–H groups in total.